The Morgan fingerprint density at radius 2 is 1.74 bits per heavy atom. The number of halogens is 5. The van der Waals surface area contributed by atoms with Gasteiger partial charge in [-0.1, -0.05) is 87.0 Å². The zero-order valence-electron chi connectivity index (χ0n) is 19.9. The molecule has 0 saturated carbocycles. The van der Waals surface area contributed by atoms with Crippen molar-refractivity contribution in [3.63, 3.8) is 0 Å². The quantitative estimate of drug-likeness (QED) is 0.112. The Balaban J connectivity index is 1.63. The number of alkyl halides is 2. The van der Waals surface area contributed by atoms with Gasteiger partial charge in [0, 0.05) is 35.8 Å². The van der Waals surface area contributed by atoms with Crippen LogP contribution in [-0.2, 0) is 9.63 Å². The average molecular weight is 595 g/mol. The topological polar surface area (TPSA) is 67.9 Å². The van der Waals surface area contributed by atoms with Gasteiger partial charge in [0.2, 0.25) is 0 Å². The van der Waals surface area contributed by atoms with Gasteiger partial charge in [0.25, 0.3) is 5.91 Å². The minimum absolute atomic E-state index is 0.161. The predicted octanol–water partition coefficient (Wildman–Crippen LogP) is 8.03. The summed E-state index contributed by atoms with van der Waals surface area (Å²) in [5.41, 5.74) is 3.34. The summed E-state index contributed by atoms with van der Waals surface area (Å²) in [4.78, 5) is 18.1. The minimum atomic E-state index is -1.30. The van der Waals surface area contributed by atoms with Crippen LogP contribution in [0.3, 0.4) is 0 Å². The van der Waals surface area contributed by atoms with E-state index in [0.29, 0.717) is 49.6 Å². The summed E-state index contributed by atoms with van der Waals surface area (Å²) in [7, 11) is 1.41. The van der Waals surface area contributed by atoms with Crippen molar-refractivity contribution in [3.05, 3.63) is 94.2 Å². The molecule has 0 atom stereocenters. The van der Waals surface area contributed by atoms with Crippen LogP contribution in [0, 0.1) is 5.82 Å². The maximum Gasteiger partial charge on any atom is 0.260 e. The monoisotopic (exact) mass is 593 g/mol. The molecule has 0 unspecified atom stereocenters. The number of hydrogen-bond acceptors (Lipinski definition) is 5. The molecule has 0 bridgehead atoms. The summed E-state index contributed by atoms with van der Waals surface area (Å²) in [5.74, 6) is -0.465. The Morgan fingerprint density at radius 1 is 1.05 bits per heavy atom. The third-order valence-electron chi connectivity index (χ3n) is 5.58. The van der Waals surface area contributed by atoms with Crippen LogP contribution in [0.5, 0.6) is 0 Å². The van der Waals surface area contributed by atoms with E-state index < -0.39 is 10.7 Å². The summed E-state index contributed by atoms with van der Waals surface area (Å²) >= 11 is 24.6. The maximum atomic E-state index is 13.4. The second-order valence-electron chi connectivity index (χ2n) is 7.99. The normalized spacial score (nSPS) is 11.6. The van der Waals surface area contributed by atoms with E-state index in [9.17, 15) is 9.18 Å². The Labute approximate surface area is 238 Å². The largest absolute Gasteiger partial charge is 0.399 e. The summed E-state index contributed by atoms with van der Waals surface area (Å²) in [6, 6.07) is 19.7. The Hall–Kier alpha value is -3.10. The molecule has 0 saturated heterocycles. The number of hydrogen-bond donors (Lipinski definition) is 0. The van der Waals surface area contributed by atoms with E-state index in [1.54, 1.807) is 60.7 Å². The van der Waals surface area contributed by atoms with E-state index in [2.05, 4.69) is 10.3 Å². The molecule has 38 heavy (non-hydrogen) atoms. The SMILES string of the molecule is CO/N=C(\CCN(C(=O)C(Cl)Cl)c1cccc(-c2cc(-c3c(Cl)cccc3Cl)no2)c1)c1ccc(F)cc1. The molecule has 196 valence electrons. The number of carbonyl (C=O) groups excluding carboxylic acids is 1. The fourth-order valence-corrected chi connectivity index (χ4v) is 4.62. The second-order valence-corrected chi connectivity index (χ2v) is 9.90. The lowest BCUT2D eigenvalue weighted by atomic mass is 10.1. The van der Waals surface area contributed by atoms with Gasteiger partial charge in [-0.3, -0.25) is 4.79 Å². The molecule has 6 nitrogen and oxygen atoms in total. The van der Waals surface area contributed by atoms with Gasteiger partial charge in [0.05, 0.1) is 15.8 Å². The first-order chi connectivity index (χ1) is 18.3. The first-order valence-corrected chi connectivity index (χ1v) is 12.9. The first kappa shape index (κ1) is 27.9. The van der Waals surface area contributed by atoms with Crippen molar-refractivity contribution in [2.75, 3.05) is 18.6 Å². The van der Waals surface area contributed by atoms with E-state index in [4.69, 9.17) is 55.8 Å². The van der Waals surface area contributed by atoms with Crippen LogP contribution in [0.4, 0.5) is 10.1 Å². The molecular weight excluding hydrogens is 575 g/mol. The van der Waals surface area contributed by atoms with Gasteiger partial charge < -0.3 is 14.3 Å². The molecule has 4 aromatic rings. The Morgan fingerprint density at radius 3 is 2.39 bits per heavy atom. The summed E-state index contributed by atoms with van der Waals surface area (Å²) in [5, 5.41) is 9.04. The summed E-state index contributed by atoms with van der Waals surface area (Å²) in [6.07, 6.45) is 0.271. The molecule has 0 aliphatic carbocycles. The van der Waals surface area contributed by atoms with Gasteiger partial charge in [-0.05, 0) is 42.0 Å². The van der Waals surface area contributed by atoms with E-state index in [1.807, 2.05) is 0 Å². The lowest BCUT2D eigenvalue weighted by Crippen LogP contribution is -2.36. The molecule has 1 heterocycles. The minimum Gasteiger partial charge on any atom is -0.399 e. The molecule has 0 aliphatic rings. The third kappa shape index (κ3) is 6.48. The van der Waals surface area contributed by atoms with Crippen LogP contribution in [0.15, 0.2) is 82.5 Å². The number of aromatic nitrogens is 1. The second kappa shape index (κ2) is 12.6. The maximum absolute atomic E-state index is 13.4. The molecule has 0 spiro atoms. The van der Waals surface area contributed by atoms with Crippen LogP contribution in [-0.4, -0.2) is 35.3 Å². The molecule has 1 amide bonds. The fourth-order valence-electron chi connectivity index (χ4n) is 3.80. The van der Waals surface area contributed by atoms with E-state index in [0.717, 1.165) is 0 Å². The van der Waals surface area contributed by atoms with Gasteiger partial charge >= 0.3 is 0 Å². The zero-order valence-corrected chi connectivity index (χ0v) is 22.9. The number of anilines is 1. The van der Waals surface area contributed by atoms with Crippen LogP contribution in [0.1, 0.15) is 12.0 Å². The van der Waals surface area contributed by atoms with Crippen molar-refractivity contribution in [2.24, 2.45) is 5.16 Å². The lowest BCUT2D eigenvalue weighted by Gasteiger charge is -2.24. The zero-order chi connectivity index (χ0) is 27.2. The highest BCUT2D eigenvalue weighted by molar-refractivity contribution is 6.54. The highest BCUT2D eigenvalue weighted by atomic mass is 35.5. The van der Waals surface area contributed by atoms with E-state index in [1.165, 1.54) is 24.1 Å². The van der Waals surface area contributed by atoms with Gasteiger partial charge in [-0.2, -0.15) is 0 Å². The van der Waals surface area contributed by atoms with Crippen molar-refractivity contribution < 1.29 is 18.5 Å². The molecule has 11 heteroatoms. The number of amides is 1. The molecule has 0 fully saturated rings. The number of benzene rings is 3. The van der Waals surface area contributed by atoms with Gasteiger partial charge in [0.1, 0.15) is 18.6 Å². The van der Waals surface area contributed by atoms with Gasteiger partial charge in [0.15, 0.2) is 10.6 Å². The number of carbonyl (C=O) groups is 1. The standard InChI is InChI=1S/C27H20Cl4FN3O3/c1-37-33-22(16-8-10-18(32)11-9-16)12-13-35(27(36)26(30)31)19-5-2-4-17(14-19)24-15-23(34-38-24)25-20(28)6-3-7-21(25)29/h2-11,14-15,26H,12-13H2,1H3/b33-22+. The van der Waals surface area contributed by atoms with Crippen molar-refractivity contribution in [1.29, 1.82) is 0 Å². The van der Waals surface area contributed by atoms with Crippen molar-refractivity contribution >= 4 is 63.7 Å². The molecular formula is C27H20Cl4FN3O3. The first-order valence-electron chi connectivity index (χ1n) is 11.3. The Bertz CT molecular complexity index is 1440. The lowest BCUT2D eigenvalue weighted by molar-refractivity contribution is -0.117. The smallest absolute Gasteiger partial charge is 0.260 e. The molecule has 1 aromatic heterocycles. The van der Waals surface area contributed by atoms with Crippen LogP contribution < -0.4 is 4.90 Å². The molecule has 3 aromatic carbocycles. The van der Waals surface area contributed by atoms with Crippen molar-refractivity contribution in [3.8, 4) is 22.6 Å². The summed E-state index contributed by atoms with van der Waals surface area (Å²) in [6.45, 7) is 0.161. The molecule has 0 N–H and O–H groups in total. The third-order valence-corrected chi connectivity index (χ3v) is 6.58. The van der Waals surface area contributed by atoms with Crippen molar-refractivity contribution in [1.82, 2.24) is 5.16 Å². The Kier molecular flexibility index (Phi) is 9.28. The highest BCUT2D eigenvalue weighted by Crippen LogP contribution is 2.36. The van der Waals surface area contributed by atoms with Gasteiger partial charge in [-0.15, -0.1) is 0 Å². The molecule has 4 rings (SSSR count). The fraction of sp³-hybridized carbons (Fsp3) is 0.148. The van der Waals surface area contributed by atoms with Gasteiger partial charge in [-0.25, -0.2) is 4.39 Å². The predicted molar refractivity (Wildman–Crippen MR) is 150 cm³/mol. The number of nitrogens with zero attached hydrogens (tertiary/aromatic N) is 3. The number of rotatable bonds is 9. The van der Waals surface area contributed by atoms with E-state index in [-0.39, 0.29) is 18.8 Å². The van der Waals surface area contributed by atoms with Crippen molar-refractivity contribution in [2.45, 2.75) is 11.3 Å². The molecule has 0 radical (unpaired) electrons. The molecule has 0 aliphatic heterocycles. The average Bonchev–Trinajstić information content (AvgIpc) is 3.38. The highest BCUT2D eigenvalue weighted by Gasteiger charge is 2.24. The van der Waals surface area contributed by atoms with Crippen LogP contribution >= 0.6 is 46.4 Å². The van der Waals surface area contributed by atoms with Crippen LogP contribution in [0.25, 0.3) is 22.6 Å². The number of oxime groups is 1. The summed E-state index contributed by atoms with van der Waals surface area (Å²) < 4.78 is 19.0. The van der Waals surface area contributed by atoms with E-state index >= 15 is 0 Å². The van der Waals surface area contributed by atoms with Crippen LogP contribution in [0.2, 0.25) is 10.0 Å².